The van der Waals surface area contributed by atoms with Crippen LogP contribution >= 0.6 is 0 Å². The monoisotopic (exact) mass is 229 g/mol. The molecule has 0 saturated carbocycles. The minimum absolute atomic E-state index is 0.0578. The number of carbonyl (C=O) groups is 1. The number of carbonyl (C=O) groups excluding carboxylic acids is 1. The first-order valence-electron chi connectivity index (χ1n) is 5.45. The van der Waals surface area contributed by atoms with Crippen LogP contribution in [0.25, 0.3) is 0 Å². The van der Waals surface area contributed by atoms with Gasteiger partial charge in [-0.3, -0.25) is 9.48 Å². The first-order valence-corrected chi connectivity index (χ1v) is 5.45. The van der Waals surface area contributed by atoms with Crippen LogP contribution in [0.4, 0.5) is 0 Å². The molecule has 1 amide bonds. The maximum Gasteiger partial charge on any atom is 0.251 e. The number of hydrogen-bond acceptors (Lipinski definition) is 3. The van der Waals surface area contributed by atoms with Crippen molar-refractivity contribution in [3.05, 3.63) is 48.3 Å². The zero-order valence-electron chi connectivity index (χ0n) is 9.34. The average molecular weight is 229 g/mol. The molecule has 0 saturated heterocycles. The van der Waals surface area contributed by atoms with Crippen LogP contribution in [0.2, 0.25) is 0 Å². The third kappa shape index (κ3) is 3.41. The summed E-state index contributed by atoms with van der Waals surface area (Å²) in [5.41, 5.74) is 0.657. The molecule has 0 bridgehead atoms. The second kappa shape index (κ2) is 5.79. The van der Waals surface area contributed by atoms with Gasteiger partial charge in [0, 0.05) is 24.8 Å². The second-order valence-electron chi connectivity index (χ2n) is 3.56. The Morgan fingerprint density at radius 3 is 2.94 bits per heavy atom. The van der Waals surface area contributed by atoms with Gasteiger partial charge in [-0.05, 0) is 24.6 Å². The molecule has 1 aromatic carbocycles. The zero-order chi connectivity index (χ0) is 11.9. The average Bonchev–Trinajstić information content (AvgIpc) is 2.88. The Morgan fingerprint density at radius 2 is 2.24 bits per heavy atom. The molecule has 1 heterocycles. The van der Waals surface area contributed by atoms with Gasteiger partial charge in [0.25, 0.3) is 5.91 Å². The van der Waals surface area contributed by atoms with Crippen molar-refractivity contribution in [2.75, 3.05) is 6.54 Å². The fourth-order valence-corrected chi connectivity index (χ4v) is 1.44. The molecule has 1 aromatic heterocycles. The lowest BCUT2D eigenvalue weighted by Gasteiger charge is -2.04. The largest absolute Gasteiger partial charge is 0.352 e. The lowest BCUT2D eigenvalue weighted by Crippen LogP contribution is -2.25. The van der Waals surface area contributed by atoms with Crippen LogP contribution in [0.5, 0.6) is 0 Å². The minimum atomic E-state index is -0.0578. The summed E-state index contributed by atoms with van der Waals surface area (Å²) in [7, 11) is 0. The summed E-state index contributed by atoms with van der Waals surface area (Å²) >= 11 is 0. The molecule has 0 aliphatic carbocycles. The van der Waals surface area contributed by atoms with Crippen LogP contribution in [-0.2, 0) is 6.54 Å². The van der Waals surface area contributed by atoms with Crippen LogP contribution in [0.15, 0.2) is 36.7 Å². The van der Waals surface area contributed by atoms with Gasteiger partial charge in [-0.25, -0.2) is 0 Å². The standard InChI is InChI=1S/C12H13N4O/c17-12(11-5-2-1-3-6-11)13-7-4-9-16-10-8-14-15-16/h2-3,5-6,8,10H,4,7,9H2,(H,13,17). The molecule has 87 valence electrons. The van der Waals surface area contributed by atoms with Gasteiger partial charge < -0.3 is 5.32 Å². The molecule has 0 fully saturated rings. The van der Waals surface area contributed by atoms with Crippen molar-refractivity contribution >= 4 is 5.91 Å². The van der Waals surface area contributed by atoms with E-state index in [1.165, 1.54) is 0 Å². The molecular formula is C12H13N4O. The number of hydrogen-bond donors (Lipinski definition) is 1. The Kier molecular flexibility index (Phi) is 3.85. The van der Waals surface area contributed by atoms with Gasteiger partial charge in [0.1, 0.15) is 0 Å². The lowest BCUT2D eigenvalue weighted by molar-refractivity contribution is 0.0952. The Hall–Kier alpha value is -2.17. The van der Waals surface area contributed by atoms with Crippen LogP contribution in [0.3, 0.4) is 0 Å². The highest BCUT2D eigenvalue weighted by Gasteiger charge is 2.02. The molecule has 2 rings (SSSR count). The number of aromatic nitrogens is 3. The van der Waals surface area contributed by atoms with E-state index in [1.54, 1.807) is 41.3 Å². The van der Waals surface area contributed by atoms with Gasteiger partial charge in [0.15, 0.2) is 0 Å². The summed E-state index contributed by atoms with van der Waals surface area (Å²) in [5, 5.41) is 10.4. The maximum atomic E-state index is 11.6. The Morgan fingerprint density at radius 1 is 1.41 bits per heavy atom. The summed E-state index contributed by atoms with van der Waals surface area (Å²) in [6, 6.07) is 9.81. The molecule has 1 N–H and O–H groups in total. The summed E-state index contributed by atoms with van der Waals surface area (Å²) < 4.78 is 1.74. The van der Waals surface area contributed by atoms with Crippen molar-refractivity contribution in [1.82, 2.24) is 20.3 Å². The molecule has 5 nitrogen and oxygen atoms in total. The number of rotatable bonds is 5. The highest BCUT2D eigenvalue weighted by molar-refractivity contribution is 5.94. The molecule has 1 radical (unpaired) electrons. The third-order valence-corrected chi connectivity index (χ3v) is 2.30. The maximum absolute atomic E-state index is 11.6. The number of nitrogens with one attached hydrogen (secondary N) is 1. The van der Waals surface area contributed by atoms with Gasteiger partial charge >= 0.3 is 0 Å². The van der Waals surface area contributed by atoms with Gasteiger partial charge in [0.05, 0.1) is 6.20 Å². The topological polar surface area (TPSA) is 59.8 Å². The van der Waals surface area contributed by atoms with Gasteiger partial charge in [-0.2, -0.15) is 0 Å². The predicted molar refractivity (Wildman–Crippen MR) is 62.3 cm³/mol. The van der Waals surface area contributed by atoms with E-state index in [2.05, 4.69) is 21.7 Å². The molecule has 2 aromatic rings. The van der Waals surface area contributed by atoms with Crippen molar-refractivity contribution in [2.45, 2.75) is 13.0 Å². The number of benzene rings is 1. The quantitative estimate of drug-likeness (QED) is 0.775. The first-order chi connectivity index (χ1) is 8.36. The molecule has 17 heavy (non-hydrogen) atoms. The normalized spacial score (nSPS) is 10.1. The highest BCUT2D eigenvalue weighted by atomic mass is 16.1. The number of amides is 1. The number of nitrogens with zero attached hydrogens (tertiary/aromatic N) is 3. The Labute approximate surface area is 99.5 Å². The first kappa shape index (κ1) is 11.3. The predicted octanol–water partition coefficient (Wildman–Crippen LogP) is 0.898. The van der Waals surface area contributed by atoms with Gasteiger partial charge in [-0.15, -0.1) is 5.10 Å². The van der Waals surface area contributed by atoms with Crippen molar-refractivity contribution in [1.29, 1.82) is 0 Å². The highest BCUT2D eigenvalue weighted by Crippen LogP contribution is 1.97. The fourth-order valence-electron chi connectivity index (χ4n) is 1.44. The van der Waals surface area contributed by atoms with Crippen molar-refractivity contribution in [2.24, 2.45) is 0 Å². The van der Waals surface area contributed by atoms with E-state index in [0.29, 0.717) is 12.1 Å². The smallest absolute Gasteiger partial charge is 0.251 e. The van der Waals surface area contributed by atoms with E-state index in [9.17, 15) is 4.79 Å². The molecule has 0 spiro atoms. The van der Waals surface area contributed by atoms with Crippen LogP contribution in [0, 0.1) is 6.07 Å². The van der Waals surface area contributed by atoms with Gasteiger partial charge in [0.2, 0.25) is 0 Å². The van der Waals surface area contributed by atoms with E-state index in [1.807, 2.05) is 0 Å². The van der Waals surface area contributed by atoms with E-state index in [0.717, 1.165) is 13.0 Å². The Bertz CT molecular complexity index is 453. The summed E-state index contributed by atoms with van der Waals surface area (Å²) in [6.45, 7) is 1.38. The SMILES string of the molecule is O=C(NCCCn1ccnn1)c1cc[c]cc1. The van der Waals surface area contributed by atoms with Crippen molar-refractivity contribution in [3.63, 3.8) is 0 Å². The molecule has 0 unspecified atom stereocenters. The molecule has 0 aliphatic heterocycles. The van der Waals surface area contributed by atoms with Crippen LogP contribution < -0.4 is 5.32 Å². The molecule has 0 aliphatic rings. The number of aryl methyl sites for hydroxylation is 1. The van der Waals surface area contributed by atoms with E-state index >= 15 is 0 Å². The third-order valence-electron chi connectivity index (χ3n) is 2.30. The summed E-state index contributed by atoms with van der Waals surface area (Å²) in [6.07, 6.45) is 4.27. The molecule has 0 atom stereocenters. The van der Waals surface area contributed by atoms with E-state index in [-0.39, 0.29) is 5.91 Å². The summed E-state index contributed by atoms with van der Waals surface area (Å²) in [4.78, 5) is 11.6. The molecular weight excluding hydrogens is 216 g/mol. The fraction of sp³-hybridized carbons (Fsp3) is 0.250. The second-order valence-corrected chi connectivity index (χ2v) is 3.56. The van der Waals surface area contributed by atoms with E-state index < -0.39 is 0 Å². The Balaban J connectivity index is 1.70. The van der Waals surface area contributed by atoms with Crippen LogP contribution in [0.1, 0.15) is 16.8 Å². The van der Waals surface area contributed by atoms with E-state index in [4.69, 9.17) is 0 Å². The van der Waals surface area contributed by atoms with Crippen molar-refractivity contribution in [3.8, 4) is 0 Å². The van der Waals surface area contributed by atoms with Crippen LogP contribution in [-0.4, -0.2) is 27.4 Å². The van der Waals surface area contributed by atoms with Crippen molar-refractivity contribution < 1.29 is 4.79 Å². The lowest BCUT2D eigenvalue weighted by atomic mass is 10.2. The summed E-state index contributed by atoms with van der Waals surface area (Å²) in [5.74, 6) is -0.0578. The van der Waals surface area contributed by atoms with Gasteiger partial charge in [-0.1, -0.05) is 17.3 Å². The molecule has 5 heteroatoms. The minimum Gasteiger partial charge on any atom is -0.352 e. The zero-order valence-corrected chi connectivity index (χ0v) is 9.34.